The van der Waals surface area contributed by atoms with Crippen LogP contribution >= 0.6 is 0 Å². The van der Waals surface area contributed by atoms with E-state index in [-0.39, 0.29) is 30.3 Å². The molecule has 0 radical (unpaired) electrons. The molecule has 0 spiro atoms. The number of carbonyl (C=O) groups excluding carboxylic acids is 1. The summed E-state index contributed by atoms with van der Waals surface area (Å²) in [6.07, 6.45) is 7.46. The molecule has 2 aromatic rings. The van der Waals surface area contributed by atoms with E-state index in [1.165, 1.54) is 0 Å². The van der Waals surface area contributed by atoms with Gasteiger partial charge in [-0.1, -0.05) is 45.1 Å². The van der Waals surface area contributed by atoms with Crippen LogP contribution in [0.3, 0.4) is 0 Å². The predicted octanol–water partition coefficient (Wildman–Crippen LogP) is 5.09. The average Bonchev–Trinajstić information content (AvgIpc) is 3.62. The number of likely N-dealkylation sites (tertiary alicyclic amines) is 2. The lowest BCUT2D eigenvalue weighted by Gasteiger charge is -2.46. The first kappa shape index (κ1) is 33.8. The Bertz CT molecular complexity index is 1440. The zero-order valence-corrected chi connectivity index (χ0v) is 26.9. The van der Waals surface area contributed by atoms with E-state index in [0.717, 1.165) is 55.4 Å². The summed E-state index contributed by atoms with van der Waals surface area (Å²) in [6.45, 7) is 15.1. The number of piperidine rings is 2. The van der Waals surface area contributed by atoms with Gasteiger partial charge in [-0.05, 0) is 55.9 Å². The largest absolute Gasteiger partial charge is 0.382 e. The highest BCUT2D eigenvalue weighted by Crippen LogP contribution is 2.41. The molecule has 3 saturated heterocycles. The van der Waals surface area contributed by atoms with E-state index < -0.39 is 47.8 Å². The van der Waals surface area contributed by atoms with Gasteiger partial charge in [-0.15, -0.1) is 0 Å². The van der Waals surface area contributed by atoms with Gasteiger partial charge in [0.15, 0.2) is 0 Å². The second-order valence-electron chi connectivity index (χ2n) is 12.8. The molecule has 3 aliphatic heterocycles. The summed E-state index contributed by atoms with van der Waals surface area (Å²) in [6, 6.07) is 1.93. The Morgan fingerprint density at radius 2 is 2.00 bits per heavy atom. The third-order valence-electron chi connectivity index (χ3n) is 9.62. The Balaban J connectivity index is 1.52. The number of halogens is 3. The lowest BCUT2D eigenvalue weighted by atomic mass is 9.83. The van der Waals surface area contributed by atoms with Crippen LogP contribution in [-0.2, 0) is 11.3 Å². The van der Waals surface area contributed by atoms with Crippen molar-refractivity contribution in [2.75, 3.05) is 32.7 Å². The standard InChI is InChI=1S/C35H47F3N6O2/c1-5-7-8-14-39-23(4)42-15-12-24(13-16-42)32(44-20-27-29(38)18-40-31(27)33(45)35(44)46)34-41-30(21-43(34)19-22(3)9-6-2)26-17-25(36)10-11-28(26)37/h6,9-11,17,21,24,27,29,31-33,39-40,45H,3-5,7-8,12-16,18-20H2,1-2H3/b9-6-/t27?,29?,31?,32?,33-/m0/s1. The van der Waals surface area contributed by atoms with Crippen LogP contribution in [0.5, 0.6) is 0 Å². The highest BCUT2D eigenvalue weighted by Gasteiger charge is 2.52. The van der Waals surface area contributed by atoms with Crippen LogP contribution in [-0.4, -0.2) is 81.4 Å². The average molecular weight is 641 g/mol. The minimum atomic E-state index is -1.41. The van der Waals surface area contributed by atoms with Crippen molar-refractivity contribution in [3.8, 4) is 11.3 Å². The maximum absolute atomic E-state index is 15.1. The molecule has 8 nitrogen and oxygen atoms in total. The van der Waals surface area contributed by atoms with Crippen molar-refractivity contribution in [1.29, 1.82) is 0 Å². The molecule has 1 aromatic heterocycles. The third-order valence-corrected chi connectivity index (χ3v) is 9.62. The molecule has 1 aromatic carbocycles. The number of imidazole rings is 1. The molecular formula is C35H47F3N6O2. The molecule has 3 N–H and O–H groups in total. The molecular weight excluding hydrogens is 593 g/mol. The van der Waals surface area contributed by atoms with E-state index in [1.54, 1.807) is 11.1 Å². The van der Waals surface area contributed by atoms with E-state index >= 15 is 8.78 Å². The number of alkyl halides is 1. The number of hydrogen-bond donors (Lipinski definition) is 3. The molecule has 5 atom stereocenters. The fourth-order valence-corrected chi connectivity index (χ4v) is 7.17. The number of aliphatic hydroxyl groups is 1. The van der Waals surface area contributed by atoms with E-state index in [9.17, 15) is 14.3 Å². The zero-order valence-electron chi connectivity index (χ0n) is 26.9. The third kappa shape index (κ3) is 7.20. The van der Waals surface area contributed by atoms with E-state index in [4.69, 9.17) is 4.98 Å². The van der Waals surface area contributed by atoms with Gasteiger partial charge in [0, 0.05) is 63.0 Å². The van der Waals surface area contributed by atoms with Crippen molar-refractivity contribution in [1.82, 2.24) is 30.0 Å². The molecule has 4 heterocycles. The number of amides is 1. The van der Waals surface area contributed by atoms with Gasteiger partial charge in [-0.2, -0.15) is 0 Å². The van der Waals surface area contributed by atoms with Gasteiger partial charge in [0.1, 0.15) is 29.7 Å². The van der Waals surface area contributed by atoms with Crippen molar-refractivity contribution < 1.29 is 23.1 Å². The Morgan fingerprint density at radius 3 is 2.72 bits per heavy atom. The summed E-state index contributed by atoms with van der Waals surface area (Å²) < 4.78 is 46.3. The van der Waals surface area contributed by atoms with Crippen LogP contribution in [0.1, 0.15) is 57.8 Å². The lowest BCUT2D eigenvalue weighted by molar-refractivity contribution is -0.154. The molecule has 46 heavy (non-hydrogen) atoms. The molecule has 250 valence electrons. The predicted molar refractivity (Wildman–Crippen MR) is 173 cm³/mol. The summed E-state index contributed by atoms with van der Waals surface area (Å²) in [5.41, 5.74) is 0.978. The van der Waals surface area contributed by atoms with Crippen molar-refractivity contribution >= 4 is 5.91 Å². The second kappa shape index (κ2) is 14.9. The first-order chi connectivity index (χ1) is 22.1. The van der Waals surface area contributed by atoms with Crippen LogP contribution in [0, 0.1) is 23.5 Å². The molecule has 11 heteroatoms. The van der Waals surface area contributed by atoms with Gasteiger partial charge in [0.2, 0.25) is 0 Å². The van der Waals surface area contributed by atoms with Gasteiger partial charge in [0.25, 0.3) is 5.91 Å². The van der Waals surface area contributed by atoms with Gasteiger partial charge in [-0.3, -0.25) is 4.79 Å². The van der Waals surface area contributed by atoms with Crippen LogP contribution < -0.4 is 10.6 Å². The molecule has 0 saturated carbocycles. The smallest absolute Gasteiger partial charge is 0.253 e. The molecule has 0 aliphatic carbocycles. The molecule has 3 fully saturated rings. The number of benzene rings is 1. The lowest BCUT2D eigenvalue weighted by Crippen LogP contribution is -2.60. The molecule has 5 rings (SSSR count). The van der Waals surface area contributed by atoms with Gasteiger partial charge >= 0.3 is 0 Å². The summed E-state index contributed by atoms with van der Waals surface area (Å²) >= 11 is 0. The fourth-order valence-electron chi connectivity index (χ4n) is 7.17. The van der Waals surface area contributed by atoms with Gasteiger partial charge < -0.3 is 30.1 Å². The number of aliphatic hydroxyl groups excluding tert-OH is 1. The SMILES string of the molecule is C=C(/C=C\C)Cn1cc(-c2cc(F)ccc2F)nc1C(C1CCN(C(=C)NCCCCC)CC1)N1CC2C(F)CNC2[C@H](O)C1=O. The van der Waals surface area contributed by atoms with Crippen molar-refractivity contribution in [3.05, 3.63) is 78.6 Å². The van der Waals surface area contributed by atoms with Crippen molar-refractivity contribution in [2.24, 2.45) is 11.8 Å². The van der Waals surface area contributed by atoms with E-state index in [2.05, 4.69) is 35.6 Å². The number of hydrogen-bond acceptors (Lipinski definition) is 6. The number of nitrogens with zero attached hydrogens (tertiary/aromatic N) is 4. The minimum Gasteiger partial charge on any atom is -0.382 e. The fraction of sp³-hybridized carbons (Fsp3) is 0.543. The van der Waals surface area contributed by atoms with Gasteiger partial charge in [-0.25, -0.2) is 18.2 Å². The highest BCUT2D eigenvalue weighted by atomic mass is 19.1. The monoisotopic (exact) mass is 640 g/mol. The maximum Gasteiger partial charge on any atom is 0.253 e. The Kier molecular flexibility index (Phi) is 10.9. The Morgan fingerprint density at radius 1 is 1.24 bits per heavy atom. The topological polar surface area (TPSA) is 85.7 Å². The number of aromatic nitrogens is 2. The van der Waals surface area contributed by atoms with Crippen LogP contribution in [0.2, 0.25) is 0 Å². The molecule has 0 bridgehead atoms. The molecule has 3 aliphatic rings. The summed E-state index contributed by atoms with van der Waals surface area (Å²) in [5.74, 6) is -1.05. The zero-order chi connectivity index (χ0) is 33.0. The van der Waals surface area contributed by atoms with E-state index in [0.29, 0.717) is 38.3 Å². The van der Waals surface area contributed by atoms with Crippen LogP contribution in [0.25, 0.3) is 11.3 Å². The van der Waals surface area contributed by atoms with Gasteiger partial charge in [0.05, 0.1) is 17.6 Å². The first-order valence-electron chi connectivity index (χ1n) is 16.5. The number of rotatable bonds is 13. The van der Waals surface area contributed by atoms with Crippen LogP contribution in [0.4, 0.5) is 13.2 Å². The highest BCUT2D eigenvalue weighted by molar-refractivity contribution is 5.83. The number of carbonyl (C=O) groups is 1. The summed E-state index contributed by atoms with van der Waals surface area (Å²) in [4.78, 5) is 22.6. The maximum atomic E-state index is 15.1. The van der Waals surface area contributed by atoms with E-state index in [1.807, 2.05) is 23.6 Å². The number of allylic oxidation sites excluding steroid dienone is 3. The number of fused-ring (bicyclic) bond motifs is 1. The normalized spacial score (nSPS) is 24.4. The quantitative estimate of drug-likeness (QED) is 0.209. The molecule has 1 amide bonds. The summed E-state index contributed by atoms with van der Waals surface area (Å²) in [7, 11) is 0. The number of nitrogens with one attached hydrogen (secondary N) is 2. The molecule has 4 unspecified atom stereocenters. The van der Waals surface area contributed by atoms with Crippen molar-refractivity contribution in [2.45, 2.75) is 76.9 Å². The summed E-state index contributed by atoms with van der Waals surface area (Å²) in [5, 5.41) is 17.5. The van der Waals surface area contributed by atoms with Crippen molar-refractivity contribution in [3.63, 3.8) is 0 Å². The van der Waals surface area contributed by atoms with Crippen LogP contribution in [0.15, 0.2) is 61.1 Å². The Labute approximate surface area is 270 Å². The minimum absolute atomic E-state index is 0.00421. The second-order valence-corrected chi connectivity index (χ2v) is 12.8. The Hall–Kier alpha value is -3.57. The first-order valence-corrected chi connectivity index (χ1v) is 16.5. The number of unbranched alkanes of at least 4 members (excludes halogenated alkanes) is 2.